The molecule has 0 radical (unpaired) electrons. The van der Waals surface area contributed by atoms with Crippen molar-refractivity contribution in [1.82, 2.24) is 0 Å². The molecule has 2 aromatic rings. The van der Waals surface area contributed by atoms with Gasteiger partial charge in [0.05, 0.1) is 12.7 Å². The highest BCUT2D eigenvalue weighted by Gasteiger charge is 2.29. The van der Waals surface area contributed by atoms with E-state index in [2.05, 4.69) is 0 Å². The van der Waals surface area contributed by atoms with Gasteiger partial charge in [-0.2, -0.15) is 26.3 Å². The Balaban J connectivity index is 0.000000848. The first-order valence-corrected chi connectivity index (χ1v) is 10.0. The Morgan fingerprint density at radius 1 is 0.795 bits per heavy atom. The molecular formula is C22H19F6N4O7-3. The lowest BCUT2D eigenvalue weighted by atomic mass is 10.0. The van der Waals surface area contributed by atoms with Crippen LogP contribution in [0.25, 0.3) is 0 Å². The second-order valence-electron chi connectivity index (χ2n) is 7.10. The summed E-state index contributed by atoms with van der Waals surface area (Å²) in [5.41, 5.74) is 13.4. The summed E-state index contributed by atoms with van der Waals surface area (Å²) >= 11 is 0. The second kappa shape index (κ2) is 14.9. The number of carbonyl (C=O) groups is 3. The highest BCUT2D eigenvalue weighted by Crippen LogP contribution is 2.24. The van der Waals surface area contributed by atoms with Gasteiger partial charge in [-0.1, -0.05) is 42.5 Å². The summed E-state index contributed by atoms with van der Waals surface area (Å²) in [6.45, 7) is 0.181. The molecule has 0 fully saturated rings. The van der Waals surface area contributed by atoms with Crippen molar-refractivity contribution in [2.75, 3.05) is 0 Å². The van der Waals surface area contributed by atoms with E-state index in [1.807, 2.05) is 0 Å². The molecule has 0 saturated heterocycles. The lowest BCUT2D eigenvalue weighted by Crippen LogP contribution is -2.37. The highest BCUT2D eigenvalue weighted by atomic mass is 19.4. The number of alkyl halides is 6. The maximum Gasteiger partial charge on any atom is 0.430 e. The van der Waals surface area contributed by atoms with Gasteiger partial charge in [0.2, 0.25) is 0 Å². The number of amidine groups is 2. The van der Waals surface area contributed by atoms with Gasteiger partial charge in [0.1, 0.15) is 23.6 Å². The fourth-order valence-electron chi connectivity index (χ4n) is 2.31. The van der Waals surface area contributed by atoms with Crippen LogP contribution in [0.2, 0.25) is 0 Å². The quantitative estimate of drug-likeness (QED) is 0.179. The van der Waals surface area contributed by atoms with E-state index in [0.29, 0.717) is 16.7 Å². The zero-order chi connectivity index (χ0) is 30.6. The van der Waals surface area contributed by atoms with Crippen molar-refractivity contribution in [2.24, 2.45) is 11.5 Å². The number of nitrogen functional groups attached to an aromatic ring is 2. The Labute approximate surface area is 215 Å². The molecule has 0 aliphatic heterocycles. The number of benzene rings is 2. The first-order chi connectivity index (χ1) is 17.7. The van der Waals surface area contributed by atoms with Gasteiger partial charge in [0.15, 0.2) is 0 Å². The molecule has 0 aliphatic rings. The standard InChI is InChI=1S/C18H20N4O3.2C2HF3O2/c19-17(20)12-6-4-11(5-7-12)10-25-15(9-16(23)24)13-2-1-3-14(8-13)18(21)22;2*3-2(4,5)1(6)7/h1-8,15H,9-10H2,(H3,19,20)(H3,21,22)(H,23,24);2*(H,6,7)/p-3. The average Bonchev–Trinajstić information content (AvgIpc) is 2.81. The first-order valence-electron chi connectivity index (χ1n) is 10.0. The number of carboxylic acids is 3. The van der Waals surface area contributed by atoms with Crippen molar-refractivity contribution in [1.29, 1.82) is 10.8 Å². The number of halogens is 6. The van der Waals surface area contributed by atoms with E-state index in [4.69, 9.17) is 46.8 Å². The molecule has 2 aromatic carbocycles. The molecule has 0 saturated carbocycles. The number of carboxylic acid groups (broad SMARTS) is 3. The SMILES string of the molecule is N=C(N)c1ccc(COC(CC(=O)[O-])c2cccc(C(=N)N)c2)cc1.O=C([O-])C(F)(F)F.O=C([O-])C(F)(F)F. The fraction of sp³-hybridized carbons (Fsp3) is 0.227. The van der Waals surface area contributed by atoms with Crippen molar-refractivity contribution in [3.05, 3.63) is 70.8 Å². The van der Waals surface area contributed by atoms with E-state index in [-0.39, 0.29) is 24.7 Å². The minimum Gasteiger partial charge on any atom is -0.550 e. The van der Waals surface area contributed by atoms with E-state index in [1.54, 1.807) is 48.5 Å². The lowest BCUT2D eigenvalue weighted by Gasteiger charge is -2.20. The van der Waals surface area contributed by atoms with E-state index in [9.17, 15) is 36.2 Å². The number of hydrogen-bond acceptors (Lipinski definition) is 9. The molecule has 0 aromatic heterocycles. The summed E-state index contributed by atoms with van der Waals surface area (Å²) in [5, 5.41) is 43.5. The van der Waals surface area contributed by atoms with Gasteiger partial charge in [-0.25, -0.2) is 0 Å². The summed E-state index contributed by atoms with van der Waals surface area (Å²) in [6.07, 6.45) is -11.4. The Bertz CT molecular complexity index is 1140. The fourth-order valence-corrected chi connectivity index (χ4v) is 2.31. The summed E-state index contributed by atoms with van der Waals surface area (Å²) in [4.78, 5) is 28.6. The first kappa shape index (κ1) is 34.3. The Morgan fingerprint density at radius 3 is 1.59 bits per heavy atom. The number of nitrogens with one attached hydrogen (secondary N) is 2. The number of rotatable bonds is 8. The van der Waals surface area contributed by atoms with Gasteiger partial charge in [-0.3, -0.25) is 10.8 Å². The summed E-state index contributed by atoms with van der Waals surface area (Å²) in [7, 11) is 0. The van der Waals surface area contributed by atoms with Crippen molar-refractivity contribution < 1.29 is 60.8 Å². The molecule has 0 aliphatic carbocycles. The van der Waals surface area contributed by atoms with Gasteiger partial charge in [-0.15, -0.1) is 0 Å². The lowest BCUT2D eigenvalue weighted by molar-refractivity contribution is -0.344. The minimum absolute atomic E-state index is 0.0247. The van der Waals surface area contributed by atoms with Crippen LogP contribution in [0.3, 0.4) is 0 Å². The van der Waals surface area contributed by atoms with Crippen LogP contribution in [-0.4, -0.2) is 41.9 Å². The zero-order valence-corrected chi connectivity index (χ0v) is 19.4. The van der Waals surface area contributed by atoms with Gasteiger partial charge in [-0.05, 0) is 17.2 Å². The normalized spacial score (nSPS) is 11.5. The van der Waals surface area contributed by atoms with Gasteiger partial charge >= 0.3 is 12.4 Å². The van der Waals surface area contributed by atoms with E-state index in [1.165, 1.54) is 0 Å². The summed E-state index contributed by atoms with van der Waals surface area (Å²) in [6, 6.07) is 13.6. The molecule has 39 heavy (non-hydrogen) atoms. The maximum absolute atomic E-state index is 11.0. The number of aliphatic carboxylic acids is 3. The molecule has 2 rings (SSSR count). The van der Waals surface area contributed by atoms with Crippen molar-refractivity contribution in [2.45, 2.75) is 31.5 Å². The molecule has 11 nitrogen and oxygen atoms in total. The molecule has 214 valence electrons. The Hall–Kier alpha value is -4.67. The molecule has 1 unspecified atom stereocenters. The van der Waals surface area contributed by atoms with Crippen LogP contribution in [0.1, 0.15) is 34.8 Å². The number of nitrogens with two attached hydrogens (primary N) is 2. The van der Waals surface area contributed by atoms with Gasteiger partial charge in [0, 0.05) is 23.5 Å². The maximum atomic E-state index is 11.0. The smallest absolute Gasteiger partial charge is 0.430 e. The minimum atomic E-state index is -5.19. The van der Waals surface area contributed by atoms with Crippen LogP contribution in [-0.2, 0) is 25.7 Å². The molecule has 0 heterocycles. The summed E-state index contributed by atoms with van der Waals surface area (Å²) < 4.78 is 68.8. The topological polar surface area (TPSA) is 229 Å². The van der Waals surface area contributed by atoms with Gasteiger partial charge in [0.25, 0.3) is 0 Å². The van der Waals surface area contributed by atoms with Crippen LogP contribution < -0.4 is 26.8 Å². The molecule has 1 atom stereocenters. The van der Waals surface area contributed by atoms with Gasteiger partial charge < -0.3 is 45.9 Å². The van der Waals surface area contributed by atoms with Crippen molar-refractivity contribution >= 4 is 29.6 Å². The predicted molar refractivity (Wildman–Crippen MR) is 114 cm³/mol. The largest absolute Gasteiger partial charge is 0.550 e. The molecule has 0 bridgehead atoms. The van der Waals surface area contributed by atoms with Crippen molar-refractivity contribution in [3.63, 3.8) is 0 Å². The molecule has 0 spiro atoms. The van der Waals surface area contributed by atoms with Crippen LogP contribution >= 0.6 is 0 Å². The van der Waals surface area contributed by atoms with Crippen LogP contribution in [0, 0.1) is 10.8 Å². The van der Waals surface area contributed by atoms with Crippen molar-refractivity contribution in [3.8, 4) is 0 Å². The monoisotopic (exact) mass is 565 g/mol. The Kier molecular flexibility index (Phi) is 13.1. The third-order valence-electron chi connectivity index (χ3n) is 4.10. The van der Waals surface area contributed by atoms with E-state index < -0.39 is 36.4 Å². The van der Waals surface area contributed by atoms with Crippen LogP contribution in [0.4, 0.5) is 26.3 Å². The van der Waals surface area contributed by atoms with E-state index in [0.717, 1.165) is 5.56 Å². The number of carbonyl (C=O) groups excluding carboxylic acids is 3. The van der Waals surface area contributed by atoms with Crippen LogP contribution in [0.5, 0.6) is 0 Å². The predicted octanol–water partition coefficient (Wildman–Crippen LogP) is -0.750. The molecule has 6 N–H and O–H groups in total. The summed E-state index contributed by atoms with van der Waals surface area (Å²) in [5.74, 6) is -7.37. The van der Waals surface area contributed by atoms with E-state index >= 15 is 0 Å². The number of ether oxygens (including phenoxy) is 1. The van der Waals surface area contributed by atoms with Crippen LogP contribution in [0.15, 0.2) is 48.5 Å². The third-order valence-corrected chi connectivity index (χ3v) is 4.10. The highest BCUT2D eigenvalue weighted by molar-refractivity contribution is 5.95. The molecule has 17 heteroatoms. The molecular weight excluding hydrogens is 546 g/mol. The zero-order valence-electron chi connectivity index (χ0n) is 19.4. The second-order valence-corrected chi connectivity index (χ2v) is 7.10. The third kappa shape index (κ3) is 14.0. The molecule has 0 amide bonds. The number of hydrogen-bond donors (Lipinski definition) is 4. The average molecular weight is 565 g/mol. The Morgan fingerprint density at radius 2 is 1.23 bits per heavy atom.